The molecule has 0 saturated carbocycles. The molecule has 0 saturated heterocycles. The van der Waals surface area contributed by atoms with Crippen molar-refractivity contribution < 1.29 is 15.0 Å². The highest BCUT2D eigenvalue weighted by atomic mass is 79.9. The lowest BCUT2D eigenvalue weighted by atomic mass is 10.1. The summed E-state index contributed by atoms with van der Waals surface area (Å²) in [4.78, 5) is 10.5. The van der Waals surface area contributed by atoms with Crippen LogP contribution >= 0.6 is 15.9 Å². The lowest BCUT2D eigenvalue weighted by Crippen LogP contribution is -2.32. The van der Waals surface area contributed by atoms with Gasteiger partial charge in [0, 0.05) is 0 Å². The van der Waals surface area contributed by atoms with Crippen LogP contribution in [0, 0.1) is 0 Å². The molecule has 1 aromatic carbocycles. The van der Waals surface area contributed by atoms with Crippen molar-refractivity contribution in [3.63, 3.8) is 0 Å². The number of aliphatic carboxylic acids is 1. The van der Waals surface area contributed by atoms with Gasteiger partial charge in [-0.3, -0.25) is 4.79 Å². The number of carboxylic acids is 1. The monoisotopic (exact) mass is 259 g/mol. The van der Waals surface area contributed by atoms with Crippen molar-refractivity contribution in [2.45, 2.75) is 12.5 Å². The zero-order chi connectivity index (χ0) is 10.7. The molecule has 0 aliphatic carbocycles. The van der Waals surface area contributed by atoms with Crippen LogP contribution in [0.4, 0.5) is 0 Å². The van der Waals surface area contributed by atoms with Gasteiger partial charge in [0.2, 0.25) is 0 Å². The Morgan fingerprint density at radius 3 is 2.71 bits per heavy atom. The molecule has 0 radical (unpaired) electrons. The molecule has 1 aromatic rings. The first-order valence-electron chi connectivity index (χ1n) is 3.96. The Labute approximate surface area is 89.5 Å². The van der Waals surface area contributed by atoms with E-state index in [0.717, 1.165) is 5.56 Å². The second-order valence-corrected chi connectivity index (χ2v) is 3.79. The van der Waals surface area contributed by atoms with Gasteiger partial charge in [0.1, 0.15) is 11.8 Å². The van der Waals surface area contributed by atoms with E-state index in [0.29, 0.717) is 4.47 Å². The van der Waals surface area contributed by atoms with E-state index in [4.69, 9.17) is 10.8 Å². The molecule has 4 nitrogen and oxygen atoms in total. The van der Waals surface area contributed by atoms with E-state index in [-0.39, 0.29) is 12.2 Å². The third-order valence-electron chi connectivity index (χ3n) is 1.78. The Morgan fingerprint density at radius 2 is 2.21 bits per heavy atom. The average Bonchev–Trinajstić information content (AvgIpc) is 2.11. The predicted molar refractivity (Wildman–Crippen MR) is 55.1 cm³/mol. The predicted octanol–water partition coefficient (Wildman–Crippen LogP) is 1.11. The van der Waals surface area contributed by atoms with Gasteiger partial charge < -0.3 is 15.9 Å². The fraction of sp³-hybridized carbons (Fsp3) is 0.222. The van der Waals surface area contributed by atoms with Crippen LogP contribution in [0.3, 0.4) is 0 Å². The number of rotatable bonds is 3. The van der Waals surface area contributed by atoms with Gasteiger partial charge in [0.25, 0.3) is 0 Å². The number of carboxylic acid groups (broad SMARTS) is 1. The molecule has 0 aromatic heterocycles. The van der Waals surface area contributed by atoms with Gasteiger partial charge in [-0.05, 0) is 40.0 Å². The highest BCUT2D eigenvalue weighted by Gasteiger charge is 2.12. The summed E-state index contributed by atoms with van der Waals surface area (Å²) in [7, 11) is 0. The number of carbonyl (C=O) groups is 1. The van der Waals surface area contributed by atoms with E-state index in [1.165, 1.54) is 6.07 Å². The largest absolute Gasteiger partial charge is 0.507 e. The molecule has 5 heteroatoms. The molecule has 14 heavy (non-hydrogen) atoms. The van der Waals surface area contributed by atoms with Crippen molar-refractivity contribution in [1.82, 2.24) is 0 Å². The maximum absolute atomic E-state index is 10.5. The minimum Gasteiger partial charge on any atom is -0.507 e. The molecule has 76 valence electrons. The zero-order valence-electron chi connectivity index (χ0n) is 7.27. The van der Waals surface area contributed by atoms with Crippen LogP contribution in [0.5, 0.6) is 5.75 Å². The molecule has 0 unspecified atom stereocenters. The molecule has 0 spiro atoms. The molecule has 0 amide bonds. The third-order valence-corrected chi connectivity index (χ3v) is 2.42. The standard InChI is InChI=1S/C9H10BrNO3/c10-6-3-5(1-2-8(6)12)4-7(11)9(13)14/h1-3,7,12H,4,11H2,(H,13,14)/t7-/m1/s1. The minimum absolute atomic E-state index is 0.123. The van der Waals surface area contributed by atoms with Gasteiger partial charge in [0.05, 0.1) is 4.47 Å². The average molecular weight is 260 g/mol. The molecule has 0 fully saturated rings. The smallest absolute Gasteiger partial charge is 0.320 e. The second kappa shape index (κ2) is 4.43. The highest BCUT2D eigenvalue weighted by Crippen LogP contribution is 2.24. The number of aromatic hydroxyl groups is 1. The Kier molecular flexibility index (Phi) is 3.49. The lowest BCUT2D eigenvalue weighted by molar-refractivity contribution is -0.138. The minimum atomic E-state index is -1.03. The summed E-state index contributed by atoms with van der Waals surface area (Å²) in [5.74, 6) is -0.910. The third kappa shape index (κ3) is 2.71. The van der Waals surface area contributed by atoms with Crippen molar-refractivity contribution in [3.8, 4) is 5.75 Å². The van der Waals surface area contributed by atoms with E-state index >= 15 is 0 Å². The van der Waals surface area contributed by atoms with Crippen molar-refractivity contribution in [2.24, 2.45) is 5.73 Å². The SMILES string of the molecule is N[C@H](Cc1ccc(O)c(Br)c1)C(=O)O. The van der Waals surface area contributed by atoms with Gasteiger partial charge in [0.15, 0.2) is 0 Å². The fourth-order valence-electron chi connectivity index (χ4n) is 1.02. The Hall–Kier alpha value is -1.07. The van der Waals surface area contributed by atoms with E-state index < -0.39 is 12.0 Å². The summed E-state index contributed by atoms with van der Waals surface area (Å²) in [5.41, 5.74) is 6.13. The van der Waals surface area contributed by atoms with E-state index in [1.807, 2.05) is 0 Å². The molecule has 0 aliphatic rings. The maximum atomic E-state index is 10.5. The van der Waals surface area contributed by atoms with Gasteiger partial charge in [-0.2, -0.15) is 0 Å². The van der Waals surface area contributed by atoms with Crippen molar-refractivity contribution >= 4 is 21.9 Å². The van der Waals surface area contributed by atoms with Crippen molar-refractivity contribution in [3.05, 3.63) is 28.2 Å². The molecule has 0 aliphatic heterocycles. The summed E-state index contributed by atoms with van der Waals surface area (Å²) in [5, 5.41) is 17.8. The number of benzene rings is 1. The van der Waals surface area contributed by atoms with Crippen LogP contribution in [0.2, 0.25) is 0 Å². The summed E-state index contributed by atoms with van der Waals surface area (Å²) in [6.45, 7) is 0. The number of nitrogens with two attached hydrogens (primary N) is 1. The normalized spacial score (nSPS) is 12.4. The second-order valence-electron chi connectivity index (χ2n) is 2.93. The van der Waals surface area contributed by atoms with Gasteiger partial charge in [-0.15, -0.1) is 0 Å². The van der Waals surface area contributed by atoms with Crippen molar-refractivity contribution in [2.75, 3.05) is 0 Å². The number of hydrogen-bond acceptors (Lipinski definition) is 3. The Morgan fingerprint density at radius 1 is 1.57 bits per heavy atom. The summed E-state index contributed by atoms with van der Waals surface area (Å²) in [6.07, 6.45) is 0.244. The summed E-state index contributed by atoms with van der Waals surface area (Å²) < 4.78 is 0.535. The number of hydrogen-bond donors (Lipinski definition) is 3. The quantitative estimate of drug-likeness (QED) is 0.760. The number of halogens is 1. The van der Waals surface area contributed by atoms with Gasteiger partial charge >= 0.3 is 5.97 Å². The van der Waals surface area contributed by atoms with E-state index in [2.05, 4.69) is 15.9 Å². The number of phenols is 1. The molecule has 1 atom stereocenters. The van der Waals surface area contributed by atoms with Crippen LogP contribution in [0.1, 0.15) is 5.56 Å². The number of phenolic OH excluding ortho intramolecular Hbond substituents is 1. The highest BCUT2D eigenvalue weighted by molar-refractivity contribution is 9.10. The Bertz CT molecular complexity index is 354. The van der Waals surface area contributed by atoms with Crippen LogP contribution in [-0.4, -0.2) is 22.2 Å². The molecular weight excluding hydrogens is 250 g/mol. The summed E-state index contributed by atoms with van der Waals surface area (Å²) in [6, 6.07) is 3.88. The first-order chi connectivity index (χ1) is 6.50. The first-order valence-corrected chi connectivity index (χ1v) is 4.76. The maximum Gasteiger partial charge on any atom is 0.320 e. The van der Waals surface area contributed by atoms with Crippen LogP contribution in [-0.2, 0) is 11.2 Å². The lowest BCUT2D eigenvalue weighted by Gasteiger charge is -2.07. The summed E-state index contributed by atoms with van der Waals surface area (Å²) >= 11 is 3.13. The van der Waals surface area contributed by atoms with Crippen LogP contribution in [0.15, 0.2) is 22.7 Å². The van der Waals surface area contributed by atoms with Crippen LogP contribution in [0.25, 0.3) is 0 Å². The molecule has 0 bridgehead atoms. The van der Waals surface area contributed by atoms with E-state index in [9.17, 15) is 9.90 Å². The Balaban J connectivity index is 2.78. The molecular formula is C9H10BrNO3. The van der Waals surface area contributed by atoms with Gasteiger partial charge in [-0.1, -0.05) is 6.07 Å². The first kappa shape index (κ1) is 11.0. The fourth-order valence-corrected chi connectivity index (χ4v) is 1.44. The van der Waals surface area contributed by atoms with Crippen molar-refractivity contribution in [1.29, 1.82) is 0 Å². The molecule has 4 N–H and O–H groups in total. The van der Waals surface area contributed by atoms with Gasteiger partial charge in [-0.25, -0.2) is 0 Å². The topological polar surface area (TPSA) is 83.5 Å². The molecule has 1 rings (SSSR count). The molecule has 0 heterocycles. The van der Waals surface area contributed by atoms with Crippen LogP contribution < -0.4 is 5.73 Å². The zero-order valence-corrected chi connectivity index (χ0v) is 8.86. The van der Waals surface area contributed by atoms with E-state index in [1.54, 1.807) is 12.1 Å².